The Hall–Kier alpha value is -3.28. The van der Waals surface area contributed by atoms with Gasteiger partial charge in [-0.15, -0.1) is 0 Å². The number of rotatable bonds is 3. The second kappa shape index (κ2) is 9.03. The summed E-state index contributed by atoms with van der Waals surface area (Å²) in [5.74, 6) is 0.255. The average molecular weight is 408 g/mol. The molecule has 0 aliphatic heterocycles. The van der Waals surface area contributed by atoms with Crippen LogP contribution in [0.3, 0.4) is 0 Å². The Morgan fingerprint density at radius 1 is 1.10 bits per heavy atom. The molecule has 0 fully saturated rings. The van der Waals surface area contributed by atoms with E-state index < -0.39 is 0 Å². The van der Waals surface area contributed by atoms with Crippen LogP contribution in [0.1, 0.15) is 63.1 Å². The van der Waals surface area contributed by atoms with Gasteiger partial charge >= 0.3 is 5.69 Å². The van der Waals surface area contributed by atoms with Crippen molar-refractivity contribution in [3.63, 3.8) is 0 Å². The van der Waals surface area contributed by atoms with Crippen LogP contribution in [0.15, 0.2) is 41.2 Å². The van der Waals surface area contributed by atoms with Gasteiger partial charge in [-0.05, 0) is 60.1 Å². The van der Waals surface area contributed by atoms with Crippen LogP contribution in [0.5, 0.6) is 11.5 Å². The van der Waals surface area contributed by atoms with Crippen LogP contribution in [-0.4, -0.2) is 25.0 Å². The van der Waals surface area contributed by atoms with Gasteiger partial charge in [-0.1, -0.05) is 45.9 Å². The van der Waals surface area contributed by atoms with Gasteiger partial charge in [0.2, 0.25) is 0 Å². The number of aromatic amines is 1. The molecule has 1 heterocycles. The largest absolute Gasteiger partial charge is 0.508 e. The lowest BCUT2D eigenvalue weighted by atomic mass is 9.98. The third kappa shape index (κ3) is 4.03. The molecule has 0 saturated carbocycles. The minimum Gasteiger partial charge on any atom is -0.508 e. The van der Waals surface area contributed by atoms with E-state index in [9.17, 15) is 15.0 Å². The third-order valence-corrected chi connectivity index (χ3v) is 5.18. The van der Waals surface area contributed by atoms with E-state index in [-0.39, 0.29) is 23.1 Å². The highest BCUT2D eigenvalue weighted by Gasteiger charge is 2.20. The van der Waals surface area contributed by atoms with Crippen molar-refractivity contribution in [2.24, 2.45) is 0 Å². The van der Waals surface area contributed by atoms with E-state index in [1.165, 1.54) is 16.2 Å². The van der Waals surface area contributed by atoms with Gasteiger partial charge in [0.25, 0.3) is 0 Å². The van der Waals surface area contributed by atoms with Crippen molar-refractivity contribution in [3.8, 4) is 28.6 Å². The first-order valence-corrected chi connectivity index (χ1v) is 10.5. The van der Waals surface area contributed by atoms with E-state index in [1.54, 1.807) is 6.07 Å². The Balaban J connectivity index is 0.00000124. The summed E-state index contributed by atoms with van der Waals surface area (Å²) in [6, 6.07) is 8.90. The number of aromatic nitrogens is 3. The summed E-state index contributed by atoms with van der Waals surface area (Å²) in [6.45, 7) is 7.90. The molecule has 6 nitrogen and oxygen atoms in total. The molecule has 2 aromatic carbocycles. The van der Waals surface area contributed by atoms with Gasteiger partial charge in [0.05, 0.1) is 11.3 Å². The van der Waals surface area contributed by atoms with Gasteiger partial charge in [-0.2, -0.15) is 5.10 Å². The van der Waals surface area contributed by atoms with Crippen molar-refractivity contribution in [1.82, 2.24) is 14.8 Å². The molecule has 3 aromatic rings. The number of H-pyrrole nitrogens is 1. The van der Waals surface area contributed by atoms with Crippen LogP contribution in [0, 0.1) is 0 Å². The Morgan fingerprint density at radius 3 is 2.60 bits per heavy atom. The number of fused-ring (bicyclic) bond motifs is 1. The molecule has 0 atom stereocenters. The molecule has 158 valence electrons. The number of phenols is 2. The van der Waals surface area contributed by atoms with Gasteiger partial charge in [0, 0.05) is 6.07 Å². The minimum absolute atomic E-state index is 0.0239. The Morgan fingerprint density at radius 2 is 1.87 bits per heavy atom. The van der Waals surface area contributed by atoms with Crippen molar-refractivity contribution in [2.45, 2.75) is 52.9 Å². The number of aryl methyl sites for hydroxylation is 1. The van der Waals surface area contributed by atoms with Gasteiger partial charge < -0.3 is 10.2 Å². The Labute approximate surface area is 176 Å². The molecular weight excluding hydrogens is 378 g/mol. The fraction of sp³-hybridized carbons (Fsp3) is 0.333. The van der Waals surface area contributed by atoms with Crippen molar-refractivity contribution in [1.29, 1.82) is 0 Å². The maximum Gasteiger partial charge on any atom is 0.348 e. The number of nitrogens with one attached hydrogen (secondary N) is 1. The first-order chi connectivity index (χ1) is 14.5. The van der Waals surface area contributed by atoms with Gasteiger partial charge in [-0.25, -0.2) is 14.5 Å². The van der Waals surface area contributed by atoms with Crippen molar-refractivity contribution >= 4 is 6.08 Å². The number of benzene rings is 2. The highest BCUT2D eigenvalue weighted by Crippen LogP contribution is 2.37. The maximum atomic E-state index is 12.5. The fourth-order valence-corrected chi connectivity index (χ4v) is 3.68. The van der Waals surface area contributed by atoms with Crippen LogP contribution in [0.2, 0.25) is 0 Å². The molecule has 0 saturated heterocycles. The molecule has 0 unspecified atom stereocenters. The molecule has 0 spiro atoms. The molecule has 4 rings (SSSR count). The van der Waals surface area contributed by atoms with Crippen molar-refractivity contribution < 1.29 is 10.2 Å². The minimum atomic E-state index is -0.383. The van der Waals surface area contributed by atoms with E-state index in [4.69, 9.17) is 0 Å². The van der Waals surface area contributed by atoms with E-state index in [0.29, 0.717) is 22.6 Å². The van der Waals surface area contributed by atoms with E-state index >= 15 is 0 Å². The smallest absolute Gasteiger partial charge is 0.348 e. The third-order valence-electron chi connectivity index (χ3n) is 5.18. The zero-order valence-electron chi connectivity index (χ0n) is 17.9. The lowest BCUT2D eigenvalue weighted by Gasteiger charge is -2.14. The van der Waals surface area contributed by atoms with Gasteiger partial charge in [0.1, 0.15) is 11.5 Å². The number of nitrogens with zero attached hydrogens (tertiary/aromatic N) is 2. The standard InChI is InChI=1S/C22H23N3O3.C2H6/c1-13(2)17-11-18(20(27)12-19(17)26)21-23-24-22(28)25(21)16-9-8-14-6-4-3-5-7-15(14)10-16;1-2/h5,7-13,26-27H,3-4,6H2,1-2H3,(H,24,28);1-2H3. The number of aromatic hydroxyl groups is 2. The number of allylic oxidation sites excluding steroid dienone is 1. The number of hydrogen-bond donors (Lipinski definition) is 3. The molecule has 30 heavy (non-hydrogen) atoms. The quantitative estimate of drug-likeness (QED) is 0.561. The fourth-order valence-electron chi connectivity index (χ4n) is 3.68. The summed E-state index contributed by atoms with van der Waals surface area (Å²) < 4.78 is 1.45. The SMILES string of the molecule is CC.CC(C)c1cc(-c2n[nH]c(=O)n2-c2ccc3c(c2)C=CCCC3)c(O)cc1O. The van der Waals surface area contributed by atoms with Crippen LogP contribution in [0.25, 0.3) is 23.2 Å². The second-order valence-corrected chi connectivity index (χ2v) is 7.45. The summed E-state index contributed by atoms with van der Waals surface area (Å²) in [7, 11) is 0. The van der Waals surface area contributed by atoms with E-state index in [2.05, 4.69) is 22.3 Å². The van der Waals surface area contributed by atoms with Crippen molar-refractivity contribution in [3.05, 3.63) is 63.6 Å². The van der Waals surface area contributed by atoms with Crippen LogP contribution in [0.4, 0.5) is 0 Å². The van der Waals surface area contributed by atoms with Gasteiger partial charge in [-0.3, -0.25) is 0 Å². The van der Waals surface area contributed by atoms with Crippen LogP contribution < -0.4 is 5.69 Å². The van der Waals surface area contributed by atoms with Crippen molar-refractivity contribution in [2.75, 3.05) is 0 Å². The number of hydrogen-bond acceptors (Lipinski definition) is 4. The average Bonchev–Trinajstić information content (AvgIpc) is 2.95. The first-order valence-electron chi connectivity index (χ1n) is 10.5. The first kappa shape index (κ1) is 21.4. The molecule has 3 N–H and O–H groups in total. The van der Waals surface area contributed by atoms with Gasteiger partial charge in [0.15, 0.2) is 5.82 Å². The summed E-state index contributed by atoms with van der Waals surface area (Å²) in [5.41, 5.74) is 3.71. The lowest BCUT2D eigenvalue weighted by Crippen LogP contribution is -2.16. The van der Waals surface area contributed by atoms with E-state index in [0.717, 1.165) is 24.8 Å². The lowest BCUT2D eigenvalue weighted by molar-refractivity contribution is 0.444. The van der Waals surface area contributed by atoms with Crippen LogP contribution in [-0.2, 0) is 6.42 Å². The summed E-state index contributed by atoms with van der Waals surface area (Å²) in [4.78, 5) is 12.5. The number of phenolic OH excluding ortho intramolecular Hbond substituents is 2. The van der Waals surface area contributed by atoms with E-state index in [1.807, 2.05) is 45.9 Å². The van der Waals surface area contributed by atoms with Crippen LogP contribution >= 0.6 is 0 Å². The summed E-state index contributed by atoms with van der Waals surface area (Å²) in [6.07, 6.45) is 7.40. The molecular formula is C24H29N3O3. The molecule has 0 bridgehead atoms. The summed E-state index contributed by atoms with van der Waals surface area (Å²) in [5, 5.41) is 27.2. The summed E-state index contributed by atoms with van der Waals surface area (Å²) >= 11 is 0. The Kier molecular flexibility index (Phi) is 6.45. The maximum absolute atomic E-state index is 12.5. The highest BCUT2D eigenvalue weighted by molar-refractivity contribution is 5.69. The normalized spacial score (nSPS) is 12.8. The predicted molar refractivity (Wildman–Crippen MR) is 120 cm³/mol. The molecule has 6 heteroatoms. The molecule has 1 aromatic heterocycles. The molecule has 0 radical (unpaired) electrons. The second-order valence-electron chi connectivity index (χ2n) is 7.45. The monoisotopic (exact) mass is 407 g/mol. The molecule has 1 aliphatic carbocycles. The predicted octanol–water partition coefficient (Wildman–Crippen LogP) is 5.14. The Bertz CT molecular complexity index is 1120. The highest BCUT2D eigenvalue weighted by atomic mass is 16.3. The topological polar surface area (TPSA) is 91.1 Å². The zero-order chi connectivity index (χ0) is 21.8. The molecule has 0 amide bonds. The molecule has 1 aliphatic rings. The zero-order valence-corrected chi connectivity index (χ0v) is 17.9.